The third-order valence-electron chi connectivity index (χ3n) is 6.57. The van der Waals surface area contributed by atoms with Crippen molar-refractivity contribution in [3.63, 3.8) is 0 Å². The second kappa shape index (κ2) is 13.5. The van der Waals surface area contributed by atoms with E-state index < -0.39 is 69.4 Å². The van der Waals surface area contributed by atoms with Gasteiger partial charge in [-0.05, 0) is 59.4 Å². The van der Waals surface area contributed by atoms with E-state index in [9.17, 15) is 39.5 Å². The summed E-state index contributed by atoms with van der Waals surface area (Å²) in [6.07, 6.45) is -6.41. The van der Waals surface area contributed by atoms with Crippen LogP contribution in [0.3, 0.4) is 0 Å². The van der Waals surface area contributed by atoms with Gasteiger partial charge in [-0.1, -0.05) is 63.1 Å². The van der Waals surface area contributed by atoms with Gasteiger partial charge in [-0.3, -0.25) is 0 Å². The molecule has 0 unspecified atom stereocenters. The van der Waals surface area contributed by atoms with Crippen LogP contribution in [0, 0.1) is 29.1 Å². The summed E-state index contributed by atoms with van der Waals surface area (Å²) in [5, 5.41) is -0.285. The monoisotopic (exact) mass is 650 g/mol. The fourth-order valence-corrected chi connectivity index (χ4v) is 4.85. The van der Waals surface area contributed by atoms with E-state index in [1.54, 1.807) is 12.1 Å². The highest BCUT2D eigenvalue weighted by Gasteiger charge is 2.43. The molecule has 44 heavy (non-hydrogen) atoms. The van der Waals surface area contributed by atoms with Crippen LogP contribution in [0.1, 0.15) is 50.3 Å². The van der Waals surface area contributed by atoms with Gasteiger partial charge in [0.2, 0.25) is 0 Å². The van der Waals surface area contributed by atoms with Crippen LogP contribution in [0.15, 0.2) is 60.7 Å². The minimum atomic E-state index is -5.49. The average Bonchev–Trinajstić information content (AvgIpc) is 2.86. The van der Waals surface area contributed by atoms with Crippen molar-refractivity contribution in [3.05, 3.63) is 111 Å². The van der Waals surface area contributed by atoms with Gasteiger partial charge in [-0.25, -0.2) is 22.0 Å². The molecule has 0 heterocycles. The lowest BCUT2D eigenvalue weighted by atomic mass is 9.97. The van der Waals surface area contributed by atoms with Crippen molar-refractivity contribution in [1.29, 1.82) is 0 Å². The number of rotatable bonds is 9. The van der Waals surface area contributed by atoms with Gasteiger partial charge in [0.1, 0.15) is 46.0 Å². The van der Waals surface area contributed by atoms with Crippen molar-refractivity contribution in [1.82, 2.24) is 0 Å². The molecule has 0 atom stereocenters. The van der Waals surface area contributed by atoms with E-state index in [1.807, 2.05) is 12.1 Å². The van der Waals surface area contributed by atoms with Gasteiger partial charge in [-0.15, -0.1) is 0 Å². The normalized spacial score (nSPS) is 11.8. The molecule has 236 valence electrons. The molecule has 0 aliphatic rings. The SMILES string of the molecule is C.CCCCCc1ccc(-c2cc(F)c(-c3cc(F)c(C(F)(F)Oc4cc(F)c(C(F)(F)F)c(F)c4)c(F)c3)c(Cl)c2)cc1. The van der Waals surface area contributed by atoms with Gasteiger partial charge < -0.3 is 4.74 Å². The summed E-state index contributed by atoms with van der Waals surface area (Å²) in [6, 6.07) is 9.95. The van der Waals surface area contributed by atoms with Gasteiger partial charge in [-0.2, -0.15) is 22.0 Å². The van der Waals surface area contributed by atoms with Crippen LogP contribution < -0.4 is 4.74 Å². The van der Waals surface area contributed by atoms with Crippen LogP contribution in [0.2, 0.25) is 5.02 Å². The summed E-state index contributed by atoms with van der Waals surface area (Å²) in [4.78, 5) is 0. The molecule has 0 N–H and O–H groups in total. The fraction of sp³-hybridized carbons (Fsp3) is 0.250. The van der Waals surface area contributed by atoms with Crippen molar-refractivity contribution < 1.29 is 48.6 Å². The molecule has 0 spiro atoms. The van der Waals surface area contributed by atoms with Crippen LogP contribution in [0.25, 0.3) is 22.3 Å². The highest BCUT2D eigenvalue weighted by molar-refractivity contribution is 6.33. The molecule has 0 saturated carbocycles. The lowest BCUT2D eigenvalue weighted by Gasteiger charge is -2.21. The topological polar surface area (TPSA) is 9.23 Å². The highest BCUT2D eigenvalue weighted by Crippen LogP contribution is 2.42. The molecule has 0 fully saturated rings. The molecule has 12 heteroatoms. The van der Waals surface area contributed by atoms with Crippen molar-refractivity contribution in [2.45, 2.75) is 52.3 Å². The smallest absolute Gasteiger partial charge is 0.429 e. The number of unbranched alkanes of at least 4 members (excludes halogenated alkanes) is 2. The zero-order valence-corrected chi connectivity index (χ0v) is 22.9. The minimum Gasteiger partial charge on any atom is -0.429 e. The fourth-order valence-electron chi connectivity index (χ4n) is 4.53. The second-order valence-corrected chi connectivity index (χ2v) is 10.1. The minimum absolute atomic E-state index is 0. The summed E-state index contributed by atoms with van der Waals surface area (Å²) in [6.45, 7) is 2.09. The predicted molar refractivity (Wildman–Crippen MR) is 148 cm³/mol. The van der Waals surface area contributed by atoms with Gasteiger partial charge in [0.05, 0.1) is 5.02 Å². The molecule has 0 amide bonds. The number of hydrogen-bond acceptors (Lipinski definition) is 1. The van der Waals surface area contributed by atoms with Crippen LogP contribution in [0.5, 0.6) is 5.75 Å². The van der Waals surface area contributed by atoms with Gasteiger partial charge >= 0.3 is 12.3 Å². The van der Waals surface area contributed by atoms with Gasteiger partial charge in [0, 0.05) is 17.7 Å². The number of benzene rings is 4. The molecule has 0 bridgehead atoms. The predicted octanol–water partition coefficient (Wildman–Crippen LogP) is 11.9. The van der Waals surface area contributed by atoms with Crippen LogP contribution in [-0.4, -0.2) is 0 Å². The Morgan fingerprint density at radius 1 is 0.636 bits per heavy atom. The summed E-state index contributed by atoms with van der Waals surface area (Å²) in [7, 11) is 0. The Morgan fingerprint density at radius 2 is 1.16 bits per heavy atom. The first-order valence-electron chi connectivity index (χ1n) is 12.8. The van der Waals surface area contributed by atoms with E-state index in [1.165, 1.54) is 6.07 Å². The maximum Gasteiger partial charge on any atom is 0.432 e. The number of alkyl halides is 5. The molecule has 1 nitrogen and oxygen atoms in total. The Labute approximate surface area is 252 Å². The van der Waals surface area contributed by atoms with Crippen LogP contribution >= 0.6 is 11.6 Å². The Hall–Kier alpha value is -3.73. The Kier molecular flexibility index (Phi) is 10.7. The van der Waals surface area contributed by atoms with E-state index in [4.69, 9.17) is 11.6 Å². The van der Waals surface area contributed by atoms with Crippen LogP contribution in [-0.2, 0) is 18.7 Å². The summed E-state index contributed by atoms with van der Waals surface area (Å²) in [5.74, 6) is -11.0. The molecule has 0 saturated heterocycles. The first kappa shape index (κ1) is 34.8. The molecular formula is C32H25ClF10O. The number of ether oxygens (including phenoxy) is 1. The first-order chi connectivity index (χ1) is 20.1. The standard InChI is InChI=1S/C31H21ClF10O.CH4/c1-2-3-4-5-16-6-8-17(9-7-16)18-10-21(32)27(22(33)11-18)19-12-23(34)29(24(35)13-19)31(41,42)43-20-14-25(36)28(26(37)15-20)30(38,39)40;/h6-15H,2-5H2,1H3;1H4. The lowest BCUT2D eigenvalue weighted by molar-refractivity contribution is -0.189. The molecular weight excluding hydrogens is 626 g/mol. The van der Waals surface area contributed by atoms with Crippen molar-refractivity contribution in [2.24, 2.45) is 0 Å². The number of aryl methyl sites for hydroxylation is 1. The Morgan fingerprint density at radius 3 is 1.66 bits per heavy atom. The summed E-state index contributed by atoms with van der Waals surface area (Å²) in [5.41, 5.74) is -3.42. The van der Waals surface area contributed by atoms with Crippen molar-refractivity contribution in [2.75, 3.05) is 0 Å². The summed E-state index contributed by atoms with van der Waals surface area (Å²) < 4.78 is 144. The van der Waals surface area contributed by atoms with Crippen molar-refractivity contribution in [3.8, 4) is 28.0 Å². The third kappa shape index (κ3) is 7.49. The van der Waals surface area contributed by atoms with E-state index in [0.717, 1.165) is 37.3 Å². The largest absolute Gasteiger partial charge is 0.432 e. The zero-order valence-electron chi connectivity index (χ0n) is 22.2. The summed E-state index contributed by atoms with van der Waals surface area (Å²) >= 11 is 6.24. The molecule has 0 aromatic heterocycles. The molecule has 0 aliphatic heterocycles. The average molecular weight is 651 g/mol. The highest BCUT2D eigenvalue weighted by atomic mass is 35.5. The molecule has 0 radical (unpaired) electrons. The molecule has 4 rings (SSSR count). The molecule has 4 aromatic carbocycles. The van der Waals surface area contributed by atoms with E-state index in [-0.39, 0.29) is 24.6 Å². The maximum atomic E-state index is 15.2. The van der Waals surface area contributed by atoms with Gasteiger partial charge in [0.25, 0.3) is 0 Å². The van der Waals surface area contributed by atoms with E-state index >= 15 is 4.39 Å². The maximum absolute atomic E-state index is 15.2. The Bertz CT molecular complexity index is 1560. The molecule has 0 aliphatic carbocycles. The number of halogens is 11. The van der Waals surface area contributed by atoms with Crippen molar-refractivity contribution >= 4 is 11.6 Å². The van der Waals surface area contributed by atoms with Crippen LogP contribution in [0.4, 0.5) is 43.9 Å². The quantitative estimate of drug-likeness (QED) is 0.129. The molecule has 4 aromatic rings. The number of hydrogen-bond donors (Lipinski definition) is 0. The van der Waals surface area contributed by atoms with Gasteiger partial charge in [0.15, 0.2) is 0 Å². The second-order valence-electron chi connectivity index (χ2n) is 9.66. The lowest BCUT2D eigenvalue weighted by Crippen LogP contribution is -2.25. The zero-order chi connectivity index (χ0) is 31.7. The Balaban J connectivity index is 0.00000529. The first-order valence-corrected chi connectivity index (χ1v) is 13.2. The van der Waals surface area contributed by atoms with E-state index in [2.05, 4.69) is 11.7 Å². The third-order valence-corrected chi connectivity index (χ3v) is 6.86. The van der Waals surface area contributed by atoms with E-state index in [0.29, 0.717) is 23.3 Å².